The number of benzene rings is 1. The summed E-state index contributed by atoms with van der Waals surface area (Å²) in [6.45, 7) is -0.0916. The lowest BCUT2D eigenvalue weighted by atomic mass is 10.0. The number of halogens is 2. The number of rotatable bonds is 3. The van der Waals surface area contributed by atoms with E-state index in [9.17, 15) is 28.3 Å². The van der Waals surface area contributed by atoms with Crippen LogP contribution in [0.1, 0.15) is 39.3 Å². The van der Waals surface area contributed by atoms with E-state index in [0.717, 1.165) is 18.9 Å². The number of nitrogens with zero attached hydrogens (tertiary/aromatic N) is 2. The van der Waals surface area contributed by atoms with Gasteiger partial charge in [0.2, 0.25) is 5.43 Å². The average molecular weight is 443 g/mol. The van der Waals surface area contributed by atoms with Gasteiger partial charge in [0, 0.05) is 30.4 Å². The van der Waals surface area contributed by atoms with Crippen molar-refractivity contribution in [2.75, 3.05) is 0 Å². The number of amides is 2. The fourth-order valence-corrected chi connectivity index (χ4v) is 5.47. The molecular formula is C22H19F2N3O5. The quantitative estimate of drug-likeness (QED) is 0.746. The number of ether oxygens (including phenoxy) is 1. The number of pyridine rings is 1. The van der Waals surface area contributed by atoms with E-state index in [4.69, 9.17) is 4.74 Å². The Kier molecular flexibility index (Phi) is 4.01. The van der Waals surface area contributed by atoms with Crippen molar-refractivity contribution in [3.63, 3.8) is 0 Å². The number of fused-ring (bicyclic) bond motifs is 8. The van der Waals surface area contributed by atoms with Gasteiger partial charge < -0.3 is 24.6 Å². The molecule has 2 bridgehead atoms. The van der Waals surface area contributed by atoms with Crippen LogP contribution in [-0.2, 0) is 17.8 Å². The summed E-state index contributed by atoms with van der Waals surface area (Å²) in [5.41, 5.74) is -1.47. The molecule has 2 aromatic rings. The van der Waals surface area contributed by atoms with Crippen molar-refractivity contribution in [1.82, 2.24) is 14.8 Å². The zero-order chi connectivity index (χ0) is 22.3. The number of carbonyl (C=O) groups is 2. The molecule has 3 heterocycles. The summed E-state index contributed by atoms with van der Waals surface area (Å²) < 4.78 is 34.4. The van der Waals surface area contributed by atoms with Crippen LogP contribution in [0.5, 0.6) is 5.75 Å². The molecule has 2 saturated carbocycles. The van der Waals surface area contributed by atoms with E-state index in [1.807, 2.05) is 0 Å². The van der Waals surface area contributed by atoms with E-state index in [2.05, 4.69) is 5.32 Å². The monoisotopic (exact) mass is 443 g/mol. The van der Waals surface area contributed by atoms with Crippen LogP contribution in [0.25, 0.3) is 0 Å². The molecule has 32 heavy (non-hydrogen) atoms. The highest BCUT2D eigenvalue weighted by Gasteiger charge is 2.63. The largest absolute Gasteiger partial charge is 0.503 e. The lowest BCUT2D eigenvalue weighted by Crippen LogP contribution is -2.58. The van der Waals surface area contributed by atoms with Crippen LogP contribution in [0.4, 0.5) is 8.78 Å². The normalized spacial score (nSPS) is 29.2. The van der Waals surface area contributed by atoms with E-state index in [0.29, 0.717) is 17.9 Å². The minimum atomic E-state index is -0.980. The molecule has 0 radical (unpaired) electrons. The molecular weight excluding hydrogens is 424 g/mol. The van der Waals surface area contributed by atoms with E-state index in [1.165, 1.54) is 16.8 Å². The average Bonchev–Trinajstić information content (AvgIpc) is 3.50. The lowest BCUT2D eigenvalue weighted by molar-refractivity contribution is -0.144. The topological polar surface area (TPSA) is 101 Å². The predicted octanol–water partition coefficient (Wildman–Crippen LogP) is 1.35. The van der Waals surface area contributed by atoms with Gasteiger partial charge in [0.1, 0.15) is 17.2 Å². The van der Waals surface area contributed by atoms with Crippen LogP contribution in [0, 0.1) is 23.5 Å². The fourth-order valence-electron chi connectivity index (χ4n) is 5.47. The first-order chi connectivity index (χ1) is 15.3. The summed E-state index contributed by atoms with van der Waals surface area (Å²) in [5, 5.41) is 12.9. The molecule has 3 fully saturated rings. The standard InChI is InChI=1S/C22H19F2N3O5/c23-10-2-1-9(14(24)3-10)6-25-21(30)13-7-26-8-17-27(22(31)18(26)20(29)19(13)28)15-5-16(32-17)12-4-11(12)15/h1-3,7,11-12,15-17,29H,4-6,8H2,(H,25,30)/t11-,12+,15-,16+,17?/m1/s1. The summed E-state index contributed by atoms with van der Waals surface area (Å²) in [4.78, 5) is 40.1. The molecule has 1 aromatic heterocycles. The first-order valence-electron chi connectivity index (χ1n) is 10.5. The van der Waals surface area contributed by atoms with Crippen LogP contribution >= 0.6 is 0 Å². The van der Waals surface area contributed by atoms with Gasteiger partial charge in [-0.15, -0.1) is 0 Å². The maximum absolute atomic E-state index is 13.8. The summed E-state index contributed by atoms with van der Waals surface area (Å²) in [5.74, 6) is -2.82. The van der Waals surface area contributed by atoms with Crippen LogP contribution in [-0.4, -0.2) is 44.8 Å². The van der Waals surface area contributed by atoms with Gasteiger partial charge in [0.25, 0.3) is 11.8 Å². The minimum Gasteiger partial charge on any atom is -0.503 e. The van der Waals surface area contributed by atoms with Crippen molar-refractivity contribution in [2.45, 2.75) is 44.3 Å². The first kappa shape index (κ1) is 19.4. The number of hydrogen-bond donors (Lipinski definition) is 2. The highest BCUT2D eigenvalue weighted by Crippen LogP contribution is 2.58. The van der Waals surface area contributed by atoms with Crippen molar-refractivity contribution in [3.05, 3.63) is 63.1 Å². The smallest absolute Gasteiger partial charge is 0.276 e. The summed E-state index contributed by atoms with van der Waals surface area (Å²) in [6, 6.07) is 2.99. The van der Waals surface area contributed by atoms with Crippen molar-refractivity contribution >= 4 is 11.8 Å². The van der Waals surface area contributed by atoms with Crippen molar-refractivity contribution < 1.29 is 28.2 Å². The van der Waals surface area contributed by atoms with Crippen molar-refractivity contribution in [2.24, 2.45) is 11.8 Å². The summed E-state index contributed by atoms with van der Waals surface area (Å²) in [7, 11) is 0. The highest BCUT2D eigenvalue weighted by atomic mass is 19.1. The first-order valence-corrected chi connectivity index (χ1v) is 10.5. The van der Waals surface area contributed by atoms with Gasteiger partial charge in [-0.05, 0) is 30.7 Å². The summed E-state index contributed by atoms with van der Waals surface area (Å²) in [6.07, 6.45) is 2.62. The number of carbonyl (C=O) groups excluding carboxylic acids is 2. The van der Waals surface area contributed by atoms with Gasteiger partial charge >= 0.3 is 0 Å². The number of hydrogen-bond acceptors (Lipinski definition) is 5. The zero-order valence-electron chi connectivity index (χ0n) is 16.8. The molecule has 1 saturated heterocycles. The fraction of sp³-hybridized carbons (Fsp3) is 0.409. The van der Waals surface area contributed by atoms with Crippen LogP contribution in [0.3, 0.4) is 0 Å². The zero-order valence-corrected chi connectivity index (χ0v) is 16.8. The minimum absolute atomic E-state index is 0.0394. The predicted molar refractivity (Wildman–Crippen MR) is 105 cm³/mol. The van der Waals surface area contributed by atoms with Gasteiger partial charge in [-0.3, -0.25) is 14.4 Å². The van der Waals surface area contributed by atoms with Gasteiger partial charge in [-0.1, -0.05) is 6.07 Å². The molecule has 1 unspecified atom stereocenters. The Balaban J connectivity index is 1.29. The van der Waals surface area contributed by atoms with Gasteiger partial charge in [0.05, 0.1) is 12.6 Å². The Morgan fingerprint density at radius 2 is 2.03 bits per heavy atom. The molecule has 2 aliphatic heterocycles. The molecule has 2 amide bonds. The molecule has 2 N–H and O–H groups in total. The Labute approximate surface area is 180 Å². The molecule has 1 aromatic carbocycles. The third-order valence-electron chi connectivity index (χ3n) is 7.08. The Morgan fingerprint density at radius 3 is 2.81 bits per heavy atom. The van der Waals surface area contributed by atoms with Crippen LogP contribution < -0.4 is 10.7 Å². The number of aromatic nitrogens is 1. The van der Waals surface area contributed by atoms with E-state index < -0.39 is 40.9 Å². The van der Waals surface area contributed by atoms with Gasteiger partial charge in [-0.25, -0.2) is 8.78 Å². The Morgan fingerprint density at radius 1 is 1.22 bits per heavy atom. The molecule has 0 spiro atoms. The molecule has 166 valence electrons. The maximum Gasteiger partial charge on any atom is 0.276 e. The molecule has 2 aliphatic carbocycles. The third-order valence-corrected chi connectivity index (χ3v) is 7.08. The van der Waals surface area contributed by atoms with Crippen molar-refractivity contribution in [3.8, 4) is 5.75 Å². The van der Waals surface area contributed by atoms with Crippen molar-refractivity contribution in [1.29, 1.82) is 0 Å². The summed E-state index contributed by atoms with van der Waals surface area (Å²) >= 11 is 0. The third kappa shape index (κ3) is 2.72. The number of nitrogens with one attached hydrogen (secondary N) is 1. The van der Waals surface area contributed by atoms with Crippen LogP contribution in [0.2, 0.25) is 0 Å². The van der Waals surface area contributed by atoms with E-state index in [-0.39, 0.29) is 42.1 Å². The molecule has 10 heteroatoms. The SMILES string of the molecule is O=C(NCc1ccc(F)cc1F)c1cn2c(c(O)c1=O)C(=O)N1C(C2)O[C@H]2C[C@@H]1[C@@H]1C[C@@H]12. The molecule has 5 atom stereocenters. The number of aromatic hydroxyl groups is 1. The van der Waals surface area contributed by atoms with Crippen LogP contribution in [0.15, 0.2) is 29.2 Å². The highest BCUT2D eigenvalue weighted by molar-refractivity contribution is 5.99. The maximum atomic E-state index is 13.8. The molecule has 8 nitrogen and oxygen atoms in total. The Bertz CT molecular complexity index is 1240. The Hall–Kier alpha value is -3.27. The molecule has 4 aliphatic rings. The van der Waals surface area contributed by atoms with E-state index >= 15 is 0 Å². The molecule has 6 rings (SSSR count). The second-order valence-corrected chi connectivity index (χ2v) is 8.85. The van der Waals surface area contributed by atoms with E-state index in [1.54, 1.807) is 4.90 Å². The second kappa shape index (κ2) is 6.61. The lowest BCUT2D eigenvalue weighted by Gasteiger charge is -2.45. The van der Waals surface area contributed by atoms with Gasteiger partial charge in [-0.2, -0.15) is 0 Å². The second-order valence-electron chi connectivity index (χ2n) is 8.85. The van der Waals surface area contributed by atoms with Gasteiger partial charge in [0.15, 0.2) is 17.7 Å².